The Bertz CT molecular complexity index is 3970. The summed E-state index contributed by atoms with van der Waals surface area (Å²) < 4.78 is 18.8. The Balaban J connectivity index is 0.856. The van der Waals surface area contributed by atoms with Gasteiger partial charge in [-0.2, -0.15) is 0 Å². The highest BCUT2D eigenvalue weighted by Gasteiger charge is 2.42. The van der Waals surface area contributed by atoms with Gasteiger partial charge < -0.3 is 19.3 Å². The molecule has 0 saturated heterocycles. The van der Waals surface area contributed by atoms with E-state index in [1.54, 1.807) is 0 Å². The van der Waals surface area contributed by atoms with Crippen molar-refractivity contribution in [2.45, 2.75) is 0 Å². The average molecular weight is 917 g/mol. The summed E-state index contributed by atoms with van der Waals surface area (Å²) in [5.41, 5.74) is 10.1. The number of ether oxygens (including phenoxy) is 2. The molecule has 0 radical (unpaired) electrons. The van der Waals surface area contributed by atoms with Gasteiger partial charge in [0.25, 0.3) is 6.71 Å². The van der Waals surface area contributed by atoms with Crippen LogP contribution in [0.5, 0.6) is 23.0 Å². The van der Waals surface area contributed by atoms with Gasteiger partial charge in [-0.1, -0.05) is 140 Å². The van der Waals surface area contributed by atoms with Crippen LogP contribution in [0.15, 0.2) is 224 Å². The minimum absolute atomic E-state index is 0.0537. The van der Waals surface area contributed by atoms with E-state index in [9.17, 15) is 0 Å². The number of thiophene rings is 2. The molecule has 2 aromatic heterocycles. The molecule has 0 bridgehead atoms. The molecule has 0 aliphatic carbocycles. The largest absolute Gasteiger partial charge is 0.457 e. The molecule has 0 unspecified atom stereocenters. The summed E-state index contributed by atoms with van der Waals surface area (Å²) >= 11 is 3.63. The Labute approximate surface area is 406 Å². The summed E-state index contributed by atoms with van der Waals surface area (Å²) in [6.07, 6.45) is 0. The van der Waals surface area contributed by atoms with Crippen molar-refractivity contribution in [3.8, 4) is 23.0 Å². The first-order chi connectivity index (χ1) is 34.2. The summed E-state index contributed by atoms with van der Waals surface area (Å²) in [6.45, 7) is -0.0537. The monoisotopic (exact) mass is 916 g/mol. The first-order valence-electron chi connectivity index (χ1n) is 23.3. The topological polar surface area (TPSA) is 24.9 Å². The molecule has 0 saturated carbocycles. The van der Waals surface area contributed by atoms with Crippen molar-refractivity contribution in [1.82, 2.24) is 0 Å². The van der Waals surface area contributed by atoms with Gasteiger partial charge in [0.2, 0.25) is 0 Å². The molecule has 0 spiro atoms. The number of nitrogens with zero attached hydrogens (tertiary/aromatic N) is 2. The molecule has 0 amide bonds. The minimum atomic E-state index is -0.0537. The van der Waals surface area contributed by atoms with Gasteiger partial charge in [-0.05, 0) is 117 Å². The SMILES string of the molecule is c1ccc(N(c2ccc3ccccc3c2)c2ccc3c(c2)sc2c4c(ccc23)B2c3ccc5c(sc6cc(N(c7ccccc7)c7ccc8ccccc8c7)ccc65)c3Oc3cccc(c32)O4)cc1. The van der Waals surface area contributed by atoms with E-state index in [-0.39, 0.29) is 6.71 Å². The zero-order valence-electron chi connectivity index (χ0n) is 37.0. The molecule has 4 heterocycles. The maximum atomic E-state index is 7.02. The number of rotatable bonds is 6. The normalized spacial score (nSPS) is 12.6. The van der Waals surface area contributed by atoms with Crippen LogP contribution in [0.2, 0.25) is 0 Å². The lowest BCUT2D eigenvalue weighted by molar-refractivity contribution is 0.470. The van der Waals surface area contributed by atoms with Crippen LogP contribution in [-0.2, 0) is 0 Å². The molecule has 2 aliphatic heterocycles. The lowest BCUT2D eigenvalue weighted by Gasteiger charge is -2.33. The van der Waals surface area contributed by atoms with E-state index in [1.807, 2.05) is 22.7 Å². The van der Waals surface area contributed by atoms with Crippen LogP contribution in [0.4, 0.5) is 34.1 Å². The van der Waals surface area contributed by atoms with Gasteiger partial charge in [0, 0.05) is 70.5 Å². The standard InChI is InChI=1S/C62H37BN2O2S2/c1-3-16-42(17-4-1)64(44-24-22-38-12-7-9-14-40(38)34-44)46-26-28-48-50-30-32-52-59(61(50)68-56(48)36-46)66-54-20-11-21-55-58(54)63(52)53-33-31-51-49-29-27-47(37-57(49)69-62(51)60(53)67-55)65(43-18-5-2-6-19-43)45-25-23-39-13-8-10-15-41(39)35-45/h1-37H. The lowest BCUT2D eigenvalue weighted by atomic mass is 9.35. The molecule has 0 fully saturated rings. The van der Waals surface area contributed by atoms with Gasteiger partial charge in [0.15, 0.2) is 0 Å². The van der Waals surface area contributed by atoms with E-state index in [2.05, 4.69) is 234 Å². The Morgan fingerprint density at radius 3 is 1.20 bits per heavy atom. The van der Waals surface area contributed by atoms with Crippen LogP contribution < -0.4 is 35.7 Å². The van der Waals surface area contributed by atoms with E-state index < -0.39 is 0 Å². The highest BCUT2D eigenvalue weighted by molar-refractivity contribution is 7.27. The predicted octanol–water partition coefficient (Wildman–Crippen LogP) is 16.4. The molecule has 11 aromatic carbocycles. The van der Waals surface area contributed by atoms with Gasteiger partial charge >= 0.3 is 0 Å². The molecule has 69 heavy (non-hydrogen) atoms. The summed E-state index contributed by atoms with van der Waals surface area (Å²) in [6, 6.07) is 81.2. The van der Waals surface area contributed by atoms with Crippen molar-refractivity contribution in [1.29, 1.82) is 0 Å². The third-order valence-electron chi connectivity index (χ3n) is 14.1. The van der Waals surface area contributed by atoms with Crippen molar-refractivity contribution in [2.24, 2.45) is 0 Å². The fourth-order valence-corrected chi connectivity index (χ4v) is 13.4. The number of benzene rings is 11. The Hall–Kier alpha value is -8.36. The highest BCUT2D eigenvalue weighted by Crippen LogP contribution is 2.49. The second-order valence-electron chi connectivity index (χ2n) is 18.0. The molecule has 15 rings (SSSR count). The fourth-order valence-electron chi connectivity index (χ4n) is 10.9. The van der Waals surface area contributed by atoms with Crippen molar-refractivity contribution in [3.05, 3.63) is 224 Å². The number of hydrogen-bond acceptors (Lipinski definition) is 6. The van der Waals surface area contributed by atoms with Crippen LogP contribution in [0.3, 0.4) is 0 Å². The van der Waals surface area contributed by atoms with Crippen molar-refractivity contribution < 1.29 is 9.47 Å². The second kappa shape index (κ2) is 15.1. The van der Waals surface area contributed by atoms with Gasteiger partial charge in [-0.3, -0.25) is 0 Å². The van der Waals surface area contributed by atoms with Gasteiger partial charge in [-0.15, -0.1) is 22.7 Å². The third-order valence-corrected chi connectivity index (χ3v) is 16.4. The van der Waals surface area contributed by atoms with Crippen molar-refractivity contribution in [3.63, 3.8) is 0 Å². The number of hydrogen-bond donors (Lipinski definition) is 0. The number of para-hydroxylation sites is 2. The first-order valence-corrected chi connectivity index (χ1v) is 25.0. The molecule has 0 atom stereocenters. The Kier molecular flexibility index (Phi) is 8.46. The molecular weight excluding hydrogens is 880 g/mol. The predicted molar refractivity (Wildman–Crippen MR) is 294 cm³/mol. The third kappa shape index (κ3) is 6.01. The zero-order valence-corrected chi connectivity index (χ0v) is 38.6. The Morgan fingerprint density at radius 1 is 0.319 bits per heavy atom. The molecule has 0 N–H and O–H groups in total. The smallest absolute Gasteiger partial charge is 0.260 e. The minimum Gasteiger partial charge on any atom is -0.457 e. The molecule has 4 nitrogen and oxygen atoms in total. The van der Waals surface area contributed by atoms with Crippen molar-refractivity contribution in [2.75, 3.05) is 9.80 Å². The van der Waals surface area contributed by atoms with Crippen LogP contribution in [0, 0.1) is 0 Å². The van der Waals surface area contributed by atoms with Gasteiger partial charge in [0.1, 0.15) is 23.0 Å². The van der Waals surface area contributed by atoms with Gasteiger partial charge in [-0.25, -0.2) is 0 Å². The van der Waals surface area contributed by atoms with Crippen LogP contribution in [0.1, 0.15) is 0 Å². The van der Waals surface area contributed by atoms with E-state index in [1.165, 1.54) is 52.5 Å². The molecule has 2 aliphatic rings. The summed E-state index contributed by atoms with van der Waals surface area (Å²) in [5, 5.41) is 9.73. The average Bonchev–Trinajstić information content (AvgIpc) is 3.98. The number of fused-ring (bicyclic) bond motifs is 14. The van der Waals surface area contributed by atoms with E-state index in [0.717, 1.165) is 82.9 Å². The van der Waals surface area contributed by atoms with Crippen LogP contribution >= 0.6 is 22.7 Å². The van der Waals surface area contributed by atoms with E-state index in [0.29, 0.717) is 0 Å². The van der Waals surface area contributed by atoms with E-state index >= 15 is 0 Å². The lowest BCUT2D eigenvalue weighted by Crippen LogP contribution is -2.57. The maximum absolute atomic E-state index is 7.02. The zero-order chi connectivity index (χ0) is 45.2. The van der Waals surface area contributed by atoms with E-state index in [4.69, 9.17) is 9.47 Å². The van der Waals surface area contributed by atoms with Crippen LogP contribution in [0.25, 0.3) is 61.9 Å². The molecular formula is C62H37BN2O2S2. The van der Waals surface area contributed by atoms with Crippen LogP contribution in [-0.4, -0.2) is 6.71 Å². The molecule has 322 valence electrons. The maximum Gasteiger partial charge on any atom is 0.260 e. The molecule has 7 heteroatoms. The van der Waals surface area contributed by atoms with Gasteiger partial charge in [0.05, 0.1) is 9.40 Å². The summed E-state index contributed by atoms with van der Waals surface area (Å²) in [7, 11) is 0. The second-order valence-corrected chi connectivity index (χ2v) is 20.1. The number of anilines is 6. The molecule has 13 aromatic rings. The summed E-state index contributed by atoms with van der Waals surface area (Å²) in [5.74, 6) is 3.57. The fraction of sp³-hybridized carbons (Fsp3) is 0. The highest BCUT2D eigenvalue weighted by atomic mass is 32.1. The van der Waals surface area contributed by atoms with Crippen molar-refractivity contribution >= 4 is 142 Å². The Morgan fingerprint density at radius 2 is 0.725 bits per heavy atom. The quantitative estimate of drug-likeness (QED) is 0.155. The first kappa shape index (κ1) is 38.7. The summed E-state index contributed by atoms with van der Waals surface area (Å²) in [4.78, 5) is 4.72.